The van der Waals surface area contributed by atoms with Gasteiger partial charge < -0.3 is 46.3 Å². The number of phenols is 1. The van der Waals surface area contributed by atoms with Gasteiger partial charge in [-0.2, -0.15) is 0 Å². The number of benzene rings is 1. The van der Waals surface area contributed by atoms with E-state index in [9.17, 15) is 25.5 Å². The summed E-state index contributed by atoms with van der Waals surface area (Å²) >= 11 is 0. The Balaban J connectivity index is 1.09. The zero-order valence-electron chi connectivity index (χ0n) is 34.9. The molecule has 4 bridgehead atoms. The minimum Gasteiger partial charge on any atom is -0.504 e. The number of aromatic nitrogens is 1. The lowest BCUT2D eigenvalue weighted by Crippen LogP contribution is -2.42. The smallest absolute Gasteiger partial charge is 0.161 e. The topological polar surface area (TPSA) is 164 Å². The van der Waals surface area contributed by atoms with Gasteiger partial charge >= 0.3 is 0 Å². The van der Waals surface area contributed by atoms with Gasteiger partial charge in [-0.1, -0.05) is 77.2 Å². The number of aromatic amines is 1. The van der Waals surface area contributed by atoms with Crippen molar-refractivity contribution in [2.24, 2.45) is 58.5 Å². The van der Waals surface area contributed by atoms with Crippen LogP contribution in [0.15, 0.2) is 77.3 Å². The molecule has 0 radical (unpaired) electrons. The molecule has 10 rings (SSSR count). The van der Waals surface area contributed by atoms with Crippen molar-refractivity contribution < 1.29 is 30.3 Å². The van der Waals surface area contributed by atoms with Crippen molar-refractivity contribution in [2.45, 2.75) is 102 Å². The fraction of sp³-hybridized carbons (Fsp3) is 0.592. The summed E-state index contributed by atoms with van der Waals surface area (Å²) in [4.78, 5) is 3.37. The fourth-order valence-corrected chi connectivity index (χ4v) is 14.7. The van der Waals surface area contributed by atoms with Crippen LogP contribution in [0.2, 0.25) is 0 Å². The summed E-state index contributed by atoms with van der Waals surface area (Å²) in [5.41, 5.74) is 13.0. The number of dihydropyridines is 1. The number of fused-ring (bicyclic) bond motifs is 5. The molecule has 3 heterocycles. The maximum absolute atomic E-state index is 12.4. The van der Waals surface area contributed by atoms with Crippen molar-refractivity contribution in [3.8, 4) is 23.3 Å². The molecule has 1 saturated heterocycles. The molecule has 11 heteroatoms. The largest absolute Gasteiger partial charge is 0.504 e. The van der Waals surface area contributed by atoms with E-state index in [1.807, 2.05) is 24.4 Å². The van der Waals surface area contributed by atoms with Crippen LogP contribution in [0, 0.1) is 64.6 Å². The predicted molar refractivity (Wildman–Crippen MR) is 240 cm³/mol. The lowest BCUT2D eigenvalue weighted by molar-refractivity contribution is -0.0371. The maximum Gasteiger partial charge on any atom is 0.161 e. The number of phenolic OH excluding ortho intramolecular Hbond substituents is 1. The van der Waals surface area contributed by atoms with Crippen molar-refractivity contribution in [1.29, 1.82) is 0 Å². The Hall–Kier alpha value is -3.24. The molecule has 0 amide bonds. The number of aliphatic hydroxyl groups excluding tert-OH is 4. The van der Waals surface area contributed by atoms with E-state index in [2.05, 4.69) is 66.4 Å². The number of aliphatic hydroxyl groups is 4. The molecule has 8 aliphatic rings. The average Bonchev–Trinajstić information content (AvgIpc) is 3.53. The lowest BCUT2D eigenvalue weighted by Gasteiger charge is -2.37. The van der Waals surface area contributed by atoms with Gasteiger partial charge in [-0.3, -0.25) is 0 Å². The van der Waals surface area contributed by atoms with E-state index in [-0.39, 0.29) is 53.1 Å². The Labute approximate surface area is 363 Å². The van der Waals surface area contributed by atoms with Gasteiger partial charge in [0, 0.05) is 71.2 Å². The minimum absolute atomic E-state index is 0.0172. The van der Waals surface area contributed by atoms with Gasteiger partial charge in [0.2, 0.25) is 0 Å². The lowest BCUT2D eigenvalue weighted by atomic mass is 9.65. The van der Waals surface area contributed by atoms with Crippen LogP contribution < -0.4 is 15.8 Å². The number of ether oxygens (including phenoxy) is 1. The Morgan fingerprint density at radius 2 is 1.90 bits per heavy atom. The van der Waals surface area contributed by atoms with E-state index in [1.165, 1.54) is 5.57 Å². The first-order chi connectivity index (χ1) is 29.1. The summed E-state index contributed by atoms with van der Waals surface area (Å²) in [5.74, 6) is 9.42. The Morgan fingerprint density at radius 1 is 1.03 bits per heavy atom. The molecule has 6 aliphatic carbocycles. The quantitative estimate of drug-likeness (QED) is 0.0850. The summed E-state index contributed by atoms with van der Waals surface area (Å²) in [7, 11) is 3.28. The average molecular weight is 854 g/mol. The molecule has 1 aromatic heterocycles. The highest BCUT2D eigenvalue weighted by Gasteiger charge is 2.50. The molecule has 1 saturated carbocycles. The molecule has 9 nitrogen and oxygen atoms in total. The summed E-state index contributed by atoms with van der Waals surface area (Å²) in [5, 5.41) is 62.6. The highest BCUT2D eigenvalue weighted by molar-refractivity contribution is 8.76. The van der Waals surface area contributed by atoms with Crippen molar-refractivity contribution >= 4 is 21.6 Å². The van der Waals surface area contributed by atoms with Gasteiger partial charge in [0.25, 0.3) is 0 Å². The molecule has 1 aromatic carbocycles. The zero-order valence-corrected chi connectivity index (χ0v) is 36.6. The van der Waals surface area contributed by atoms with Gasteiger partial charge in [0.05, 0.1) is 18.3 Å². The van der Waals surface area contributed by atoms with Crippen molar-refractivity contribution in [1.82, 2.24) is 10.3 Å². The van der Waals surface area contributed by atoms with E-state index in [4.69, 9.17) is 10.5 Å². The van der Waals surface area contributed by atoms with Crippen LogP contribution in [0.25, 0.3) is 0 Å². The van der Waals surface area contributed by atoms with Crippen molar-refractivity contribution in [3.05, 3.63) is 94.1 Å². The Kier molecular flexibility index (Phi) is 12.3. The summed E-state index contributed by atoms with van der Waals surface area (Å²) in [6.07, 6.45) is 15.0. The number of H-pyrrole nitrogens is 1. The number of aromatic hydroxyl groups is 1. The van der Waals surface area contributed by atoms with Crippen LogP contribution in [0.1, 0.15) is 81.5 Å². The normalized spacial score (nSPS) is 38.6. The molecule has 322 valence electrons. The SMILES string of the molecule is CCC1Cc2cc(O)c(OC3CC(Cc4ccc[nH]4)C4=CCNC(N)=C4CSSCC(CO)C3O)cc2C2CC(O)C3C(C#CC4(CC)CC5C=CC4CC(C5)C3O)C=C12. The number of nitrogens with two attached hydrogens (primary N) is 1. The molecular formula is C49H63N3O6S2. The third-order valence-electron chi connectivity index (χ3n) is 15.6. The zero-order chi connectivity index (χ0) is 41.7. The Bertz CT molecular complexity index is 2090. The first-order valence-corrected chi connectivity index (χ1v) is 25.0. The van der Waals surface area contributed by atoms with Crippen molar-refractivity contribution in [3.63, 3.8) is 0 Å². The number of rotatable bonds is 7. The molecule has 2 aliphatic heterocycles. The van der Waals surface area contributed by atoms with E-state index in [0.717, 1.165) is 66.5 Å². The van der Waals surface area contributed by atoms with Gasteiger partial charge in [-0.25, -0.2) is 0 Å². The minimum atomic E-state index is -1.02. The number of allylic oxidation sites excluding steroid dienone is 5. The molecule has 60 heavy (non-hydrogen) atoms. The van der Waals surface area contributed by atoms with Gasteiger partial charge in [0.1, 0.15) is 11.9 Å². The van der Waals surface area contributed by atoms with E-state index in [0.29, 0.717) is 55.0 Å². The summed E-state index contributed by atoms with van der Waals surface area (Å²) < 4.78 is 6.89. The summed E-state index contributed by atoms with van der Waals surface area (Å²) in [6.45, 7) is 4.87. The molecule has 0 spiro atoms. The molecule has 9 N–H and O–H groups in total. The second kappa shape index (κ2) is 17.5. The molecule has 2 aromatic rings. The Morgan fingerprint density at radius 3 is 2.68 bits per heavy atom. The van der Waals surface area contributed by atoms with Gasteiger partial charge in [-0.15, -0.1) is 0 Å². The van der Waals surface area contributed by atoms with Crippen LogP contribution >= 0.6 is 21.6 Å². The molecule has 14 unspecified atom stereocenters. The first kappa shape index (κ1) is 42.1. The number of nitrogens with one attached hydrogen (secondary N) is 2. The van der Waals surface area contributed by atoms with E-state index < -0.39 is 36.3 Å². The monoisotopic (exact) mass is 853 g/mol. The maximum atomic E-state index is 12.4. The second-order valence-electron chi connectivity index (χ2n) is 18.8. The first-order valence-electron chi connectivity index (χ1n) is 22.5. The van der Waals surface area contributed by atoms with Crippen LogP contribution in [0.4, 0.5) is 0 Å². The molecule has 2 fully saturated rings. The number of hydrogen-bond donors (Lipinski definition) is 8. The highest BCUT2D eigenvalue weighted by atomic mass is 33.1. The van der Waals surface area contributed by atoms with E-state index >= 15 is 0 Å². The molecular weight excluding hydrogens is 791 g/mol. The third-order valence-corrected chi connectivity index (χ3v) is 18.0. The van der Waals surface area contributed by atoms with Crippen LogP contribution in [-0.4, -0.2) is 79.6 Å². The highest BCUT2D eigenvalue weighted by Crippen LogP contribution is 2.55. The van der Waals surface area contributed by atoms with Crippen LogP contribution in [0.5, 0.6) is 11.5 Å². The van der Waals surface area contributed by atoms with Gasteiger partial charge in [0.15, 0.2) is 11.5 Å². The van der Waals surface area contributed by atoms with Crippen LogP contribution in [0.3, 0.4) is 0 Å². The number of hydrogen-bond acceptors (Lipinski definition) is 10. The third kappa shape index (κ3) is 7.88. The molecule has 14 atom stereocenters. The second-order valence-corrected chi connectivity index (χ2v) is 21.3. The van der Waals surface area contributed by atoms with E-state index in [1.54, 1.807) is 21.6 Å². The van der Waals surface area contributed by atoms with Crippen molar-refractivity contribution in [2.75, 3.05) is 24.7 Å². The fourth-order valence-electron chi connectivity index (χ4n) is 12.2. The standard InChI is InChI=1S/C49H63N3O6S2/c1-3-28-15-30-19-41(54)43(58-44-20-31(17-35-6-5-12-51-35)36-10-13-52-48(50)40(36)26-60-59-25-33(24-53)46(44)56)22-38(30)39-21-42(55)45-29(18-37(28)39)9-11-49(4-2)23-27-7-8-34(49)16-32(14-27)47(45)57/h5-8,10,12,18-19,22,27-29,31-34,39,42,44-47,51-57H,3-4,13-17,20-21,23-26,50H2,1-2H3. The predicted octanol–water partition coefficient (Wildman–Crippen LogP) is 6.75. The van der Waals surface area contributed by atoms with Crippen LogP contribution in [-0.2, 0) is 12.8 Å². The van der Waals surface area contributed by atoms with Gasteiger partial charge in [-0.05, 0) is 128 Å². The summed E-state index contributed by atoms with van der Waals surface area (Å²) in [6, 6.07) is 7.84.